The standard InChI is InChI=1S/C49H58N8O9/c1-24-13-32-9-12-38(57(32)47(59)41(24)54-48(60)63-5)45-51-36-11-8-28-18-35-33-10-7-29(17-31(33)23-65-40(35)19-34(28)43(36)53-45)37-20-50-44(52-37)39-16-27(22-62-4)21-56(39)46(58)42(55-49(61)64-6)30-14-25(2)66-26(3)15-30/h7-8,10-11,17-20,24-27,30,32,38-39,41-42H,9,12-16,21-23H2,1-6H3,(H,50,52)(H,51,53)(H,54,60)(H,55,61)/t24?,25-,26-,27+,32-,38+,39+,41+,42+/m1/s1. The van der Waals surface area contributed by atoms with E-state index in [-0.39, 0.29) is 59.9 Å². The van der Waals surface area contributed by atoms with Crippen molar-refractivity contribution < 1.29 is 42.9 Å². The highest BCUT2D eigenvalue weighted by atomic mass is 16.5. The summed E-state index contributed by atoms with van der Waals surface area (Å²) in [6.07, 6.45) is 4.84. The molecule has 17 nitrogen and oxygen atoms in total. The zero-order chi connectivity index (χ0) is 46.0. The van der Waals surface area contributed by atoms with Crippen molar-refractivity contribution in [2.24, 2.45) is 17.8 Å². The maximum atomic E-state index is 14.6. The number of methoxy groups -OCH3 is 3. The second-order valence-electron chi connectivity index (χ2n) is 19.0. The summed E-state index contributed by atoms with van der Waals surface area (Å²) in [4.78, 5) is 74.0. The van der Waals surface area contributed by atoms with Crippen molar-refractivity contribution in [3.05, 3.63) is 65.9 Å². The Morgan fingerprint density at radius 1 is 0.894 bits per heavy atom. The van der Waals surface area contributed by atoms with E-state index < -0.39 is 24.3 Å². The van der Waals surface area contributed by atoms with E-state index in [1.807, 2.05) is 42.8 Å². The van der Waals surface area contributed by atoms with Crippen LogP contribution in [0.3, 0.4) is 0 Å². The molecule has 4 fully saturated rings. The van der Waals surface area contributed by atoms with E-state index in [2.05, 4.69) is 57.0 Å². The van der Waals surface area contributed by atoms with Crippen LogP contribution in [0.5, 0.6) is 5.75 Å². The van der Waals surface area contributed by atoms with Crippen LogP contribution >= 0.6 is 0 Å². The van der Waals surface area contributed by atoms with Crippen LogP contribution in [0.4, 0.5) is 9.59 Å². The Bertz CT molecular complexity index is 2690. The number of piperidine rings is 1. The first-order valence-corrected chi connectivity index (χ1v) is 23.1. The average molecular weight is 903 g/mol. The molecule has 0 bridgehead atoms. The molecule has 0 radical (unpaired) electrons. The van der Waals surface area contributed by atoms with Crippen LogP contribution in [0.15, 0.2) is 48.7 Å². The number of benzene rings is 3. The predicted molar refractivity (Wildman–Crippen MR) is 243 cm³/mol. The number of aromatic amines is 2. The normalized spacial score (nSPS) is 27.5. The first-order chi connectivity index (χ1) is 31.9. The van der Waals surface area contributed by atoms with Crippen molar-refractivity contribution in [2.45, 2.75) is 108 Å². The van der Waals surface area contributed by atoms with Crippen LogP contribution < -0.4 is 15.4 Å². The summed E-state index contributed by atoms with van der Waals surface area (Å²) in [5.74, 6) is 1.86. The molecule has 9 atom stereocenters. The Hall–Kier alpha value is -6.20. The molecule has 2 aromatic heterocycles. The summed E-state index contributed by atoms with van der Waals surface area (Å²) in [5.41, 5.74) is 6.54. The van der Waals surface area contributed by atoms with E-state index in [4.69, 9.17) is 33.7 Å². The fourth-order valence-corrected chi connectivity index (χ4v) is 11.6. The second kappa shape index (κ2) is 17.5. The third-order valence-corrected chi connectivity index (χ3v) is 14.6. The van der Waals surface area contributed by atoms with Gasteiger partial charge in [0.05, 0.1) is 68.0 Å². The number of rotatable bonds is 9. The Kier molecular flexibility index (Phi) is 11.6. The molecule has 3 aromatic carbocycles. The minimum Gasteiger partial charge on any atom is -0.488 e. The Labute approximate surface area is 382 Å². The van der Waals surface area contributed by atoms with Gasteiger partial charge in [-0.1, -0.05) is 25.1 Å². The van der Waals surface area contributed by atoms with Gasteiger partial charge in [-0.25, -0.2) is 19.6 Å². The van der Waals surface area contributed by atoms with Crippen LogP contribution in [0.25, 0.3) is 44.2 Å². The molecule has 348 valence electrons. The number of hydrogen-bond donors (Lipinski definition) is 4. The quantitative estimate of drug-likeness (QED) is 0.120. The average Bonchev–Trinajstić information content (AvgIpc) is 4.14. The van der Waals surface area contributed by atoms with Gasteiger partial charge in [-0.15, -0.1) is 0 Å². The van der Waals surface area contributed by atoms with Gasteiger partial charge in [-0.3, -0.25) is 9.59 Å². The topological polar surface area (TPSA) is 202 Å². The number of imidazole rings is 2. The number of nitrogens with one attached hydrogen (secondary N) is 4. The molecule has 0 aliphatic carbocycles. The van der Waals surface area contributed by atoms with E-state index in [9.17, 15) is 19.2 Å². The largest absolute Gasteiger partial charge is 0.488 e. The summed E-state index contributed by atoms with van der Waals surface area (Å²) in [5, 5.41) is 7.60. The number of amides is 4. The maximum absolute atomic E-state index is 14.6. The third-order valence-electron chi connectivity index (χ3n) is 14.6. The highest BCUT2D eigenvalue weighted by Gasteiger charge is 2.49. The molecule has 1 unspecified atom stereocenters. The molecule has 5 aliphatic rings. The SMILES string of the molecule is COC[C@H]1C[C@@H](c2ncc(-c3ccc4c(c3)COc3cc5c(ccc6[nH]c([C@@H]7CC[C@@H]8CC(C)[C@H](NC(=O)OC)C(=O)N87)nc65)cc3-4)[nH]2)N(C(=O)[C@@H](NC(=O)OC)C2C[C@@H](C)O[C@H](C)C2)C1. The lowest BCUT2D eigenvalue weighted by atomic mass is 9.85. The number of likely N-dealkylation sites (tertiary alicyclic amines) is 1. The van der Waals surface area contributed by atoms with Crippen molar-refractivity contribution in [1.82, 2.24) is 40.4 Å². The van der Waals surface area contributed by atoms with Gasteiger partial charge < -0.3 is 54.1 Å². The molecular weight excluding hydrogens is 845 g/mol. The van der Waals surface area contributed by atoms with Gasteiger partial charge in [0.25, 0.3) is 0 Å². The van der Waals surface area contributed by atoms with Crippen molar-refractivity contribution in [3.8, 4) is 28.1 Å². The van der Waals surface area contributed by atoms with Gasteiger partial charge in [-0.05, 0) is 111 Å². The van der Waals surface area contributed by atoms with Crippen molar-refractivity contribution in [2.75, 3.05) is 34.5 Å². The molecule has 5 aliphatic heterocycles. The number of H-pyrrole nitrogens is 2. The lowest BCUT2D eigenvalue weighted by Gasteiger charge is -2.41. The predicted octanol–water partition coefficient (Wildman–Crippen LogP) is 6.93. The second-order valence-corrected chi connectivity index (χ2v) is 19.0. The number of aromatic nitrogens is 4. The van der Waals surface area contributed by atoms with E-state index in [1.165, 1.54) is 14.2 Å². The van der Waals surface area contributed by atoms with Gasteiger partial charge in [0.2, 0.25) is 11.8 Å². The molecular formula is C49H58N8O9. The van der Waals surface area contributed by atoms with Gasteiger partial charge in [0, 0.05) is 36.6 Å². The molecule has 4 N–H and O–H groups in total. The summed E-state index contributed by atoms with van der Waals surface area (Å²) in [7, 11) is 4.28. The fourth-order valence-electron chi connectivity index (χ4n) is 11.6. The maximum Gasteiger partial charge on any atom is 0.407 e. The lowest BCUT2D eigenvalue weighted by Crippen LogP contribution is -2.58. The highest BCUT2D eigenvalue weighted by molar-refractivity contribution is 6.07. The van der Waals surface area contributed by atoms with E-state index in [0.717, 1.165) is 80.6 Å². The number of carbonyl (C=O) groups excluding carboxylic acids is 4. The molecule has 5 aromatic rings. The minimum atomic E-state index is -0.781. The lowest BCUT2D eigenvalue weighted by molar-refractivity contribution is -0.142. The summed E-state index contributed by atoms with van der Waals surface area (Å²) < 4.78 is 27.8. The molecule has 0 spiro atoms. The number of fused-ring (bicyclic) bond motifs is 7. The summed E-state index contributed by atoms with van der Waals surface area (Å²) in [6, 6.07) is 12.7. The molecule has 10 rings (SSSR count). The van der Waals surface area contributed by atoms with Gasteiger partial charge >= 0.3 is 12.2 Å². The number of carbonyl (C=O) groups is 4. The molecule has 4 amide bonds. The van der Waals surface area contributed by atoms with Crippen LogP contribution in [0, 0.1) is 17.8 Å². The molecule has 17 heteroatoms. The van der Waals surface area contributed by atoms with Gasteiger partial charge in [-0.2, -0.15) is 0 Å². The number of nitrogens with zero attached hydrogens (tertiary/aromatic N) is 4. The summed E-state index contributed by atoms with van der Waals surface area (Å²) >= 11 is 0. The van der Waals surface area contributed by atoms with E-state index >= 15 is 0 Å². The van der Waals surface area contributed by atoms with E-state index in [1.54, 1.807) is 7.11 Å². The van der Waals surface area contributed by atoms with Crippen molar-refractivity contribution in [1.29, 1.82) is 0 Å². The molecule has 7 heterocycles. The van der Waals surface area contributed by atoms with Crippen LogP contribution in [0.2, 0.25) is 0 Å². The Morgan fingerprint density at radius 2 is 1.70 bits per heavy atom. The number of alkyl carbamates (subject to hydrolysis) is 2. The molecule has 0 saturated carbocycles. The van der Waals surface area contributed by atoms with Crippen LogP contribution in [-0.4, -0.2) is 119 Å². The highest BCUT2D eigenvalue weighted by Crippen LogP contribution is 2.46. The fraction of sp³-hybridized carbons (Fsp3) is 0.510. The first-order valence-electron chi connectivity index (χ1n) is 23.1. The summed E-state index contributed by atoms with van der Waals surface area (Å²) in [6.45, 7) is 7.32. The van der Waals surface area contributed by atoms with Crippen LogP contribution in [-0.2, 0) is 35.1 Å². The zero-order valence-corrected chi connectivity index (χ0v) is 38.2. The van der Waals surface area contributed by atoms with Gasteiger partial charge in [0.15, 0.2) is 0 Å². The monoisotopic (exact) mass is 902 g/mol. The molecule has 4 saturated heterocycles. The van der Waals surface area contributed by atoms with Crippen molar-refractivity contribution >= 4 is 45.8 Å². The number of ether oxygens (including phenoxy) is 5. The first kappa shape index (κ1) is 43.7. The number of hydrogen-bond acceptors (Lipinski definition) is 11. The molecule has 66 heavy (non-hydrogen) atoms. The zero-order valence-electron chi connectivity index (χ0n) is 38.2. The smallest absolute Gasteiger partial charge is 0.407 e. The minimum absolute atomic E-state index is 0.00622. The van der Waals surface area contributed by atoms with Crippen LogP contribution in [0.1, 0.15) is 88.6 Å². The van der Waals surface area contributed by atoms with E-state index in [0.29, 0.717) is 44.8 Å². The van der Waals surface area contributed by atoms with Gasteiger partial charge in [0.1, 0.15) is 36.1 Å². The van der Waals surface area contributed by atoms with Crippen molar-refractivity contribution in [3.63, 3.8) is 0 Å². The Balaban J connectivity index is 0.900. The third kappa shape index (κ3) is 7.88. The Morgan fingerprint density at radius 3 is 2.47 bits per heavy atom.